The van der Waals surface area contributed by atoms with Gasteiger partial charge in [0.05, 0.1) is 5.69 Å². The van der Waals surface area contributed by atoms with Crippen molar-refractivity contribution in [1.29, 1.82) is 0 Å². The third-order valence-corrected chi connectivity index (χ3v) is 4.44. The molecule has 4 aromatic carbocycles. The van der Waals surface area contributed by atoms with Crippen LogP contribution in [0.2, 0.25) is 0 Å². The Kier molecular flexibility index (Phi) is 7.77. The summed E-state index contributed by atoms with van der Waals surface area (Å²) >= 11 is 0. The summed E-state index contributed by atoms with van der Waals surface area (Å²) < 4.78 is 5.64. The highest BCUT2D eigenvalue weighted by Crippen LogP contribution is 2.28. The number of ether oxygens (including phenoxy) is 1. The second-order valence-electron chi connectivity index (χ2n) is 6.56. The van der Waals surface area contributed by atoms with E-state index >= 15 is 0 Å². The normalized spacial score (nSPS) is 9.84. The summed E-state index contributed by atoms with van der Waals surface area (Å²) in [5, 5.41) is 7.51. The molecule has 4 aromatic rings. The number of anilines is 1. The number of hydrogen-bond donors (Lipinski definition) is 2. The van der Waals surface area contributed by atoms with E-state index < -0.39 is 0 Å². The van der Waals surface area contributed by atoms with E-state index in [1.807, 2.05) is 91.9 Å². The second-order valence-corrected chi connectivity index (χ2v) is 6.56. The van der Waals surface area contributed by atoms with Crippen molar-refractivity contribution in [3.05, 3.63) is 103 Å². The quantitative estimate of drug-likeness (QED) is 0.403. The molecule has 31 heavy (non-hydrogen) atoms. The molecule has 0 aliphatic carbocycles. The van der Waals surface area contributed by atoms with Crippen LogP contribution in [0, 0.1) is 0 Å². The number of rotatable bonds is 6. The maximum Gasteiger partial charge on any atom is 0.251 e. The molecule has 0 unspecified atom stereocenters. The molecule has 4 rings (SSSR count). The SMILES string of the molecule is CCNC(=O)c1cccc2ccccc12.O=CNc1ccccc1Oc1ccccc1. The number of para-hydroxylation sites is 3. The lowest BCUT2D eigenvalue weighted by atomic mass is 10.0. The van der Waals surface area contributed by atoms with Crippen LogP contribution in [0.15, 0.2) is 97.1 Å². The van der Waals surface area contributed by atoms with E-state index in [9.17, 15) is 9.59 Å². The molecule has 5 heteroatoms. The molecule has 0 fully saturated rings. The van der Waals surface area contributed by atoms with Crippen LogP contribution in [0.25, 0.3) is 10.8 Å². The summed E-state index contributed by atoms with van der Waals surface area (Å²) in [6.45, 7) is 2.57. The summed E-state index contributed by atoms with van der Waals surface area (Å²) in [4.78, 5) is 22.2. The maximum absolute atomic E-state index is 11.7. The van der Waals surface area contributed by atoms with Crippen LogP contribution in [0.1, 0.15) is 17.3 Å². The Morgan fingerprint density at radius 1 is 0.839 bits per heavy atom. The number of benzene rings is 4. The van der Waals surface area contributed by atoms with Gasteiger partial charge in [-0.15, -0.1) is 0 Å². The van der Waals surface area contributed by atoms with Crippen LogP contribution in [0.4, 0.5) is 5.69 Å². The number of amides is 2. The third kappa shape index (κ3) is 5.93. The Morgan fingerprint density at radius 3 is 2.29 bits per heavy atom. The molecule has 0 saturated carbocycles. The van der Waals surface area contributed by atoms with Gasteiger partial charge in [0.25, 0.3) is 5.91 Å². The van der Waals surface area contributed by atoms with Gasteiger partial charge in [0.1, 0.15) is 5.75 Å². The number of hydrogen-bond acceptors (Lipinski definition) is 3. The van der Waals surface area contributed by atoms with Crippen molar-refractivity contribution in [3.63, 3.8) is 0 Å². The fourth-order valence-corrected chi connectivity index (χ4v) is 3.03. The molecule has 0 spiro atoms. The van der Waals surface area contributed by atoms with Gasteiger partial charge in [-0.3, -0.25) is 9.59 Å². The molecule has 0 heterocycles. The first kappa shape index (κ1) is 21.6. The van der Waals surface area contributed by atoms with Gasteiger partial charge in [-0.05, 0) is 48.0 Å². The van der Waals surface area contributed by atoms with E-state index in [1.54, 1.807) is 12.1 Å². The van der Waals surface area contributed by atoms with Crippen molar-refractivity contribution < 1.29 is 14.3 Å². The third-order valence-electron chi connectivity index (χ3n) is 4.44. The van der Waals surface area contributed by atoms with Crippen LogP contribution in [-0.2, 0) is 4.79 Å². The van der Waals surface area contributed by atoms with Gasteiger partial charge in [0.15, 0.2) is 5.75 Å². The van der Waals surface area contributed by atoms with Gasteiger partial charge in [0, 0.05) is 12.1 Å². The van der Waals surface area contributed by atoms with E-state index in [1.165, 1.54) is 0 Å². The van der Waals surface area contributed by atoms with Crippen LogP contribution in [-0.4, -0.2) is 18.9 Å². The molecule has 5 nitrogen and oxygen atoms in total. The minimum atomic E-state index is -0.00528. The highest BCUT2D eigenvalue weighted by Gasteiger charge is 2.07. The van der Waals surface area contributed by atoms with Crippen LogP contribution in [0.5, 0.6) is 11.5 Å². The summed E-state index contributed by atoms with van der Waals surface area (Å²) in [7, 11) is 0. The van der Waals surface area contributed by atoms with Gasteiger partial charge in [-0.1, -0.05) is 66.7 Å². The summed E-state index contributed by atoms with van der Waals surface area (Å²) in [5.74, 6) is 1.36. The Labute approximate surface area is 181 Å². The lowest BCUT2D eigenvalue weighted by molar-refractivity contribution is -0.105. The second kappa shape index (κ2) is 11.2. The minimum absolute atomic E-state index is 0.00528. The molecule has 0 bridgehead atoms. The van der Waals surface area contributed by atoms with Crippen molar-refractivity contribution in [1.82, 2.24) is 5.32 Å². The molecule has 0 aromatic heterocycles. The molecule has 0 aliphatic heterocycles. The fourth-order valence-electron chi connectivity index (χ4n) is 3.03. The van der Waals surface area contributed by atoms with E-state index in [-0.39, 0.29) is 5.91 Å². The van der Waals surface area contributed by atoms with Crippen molar-refractivity contribution in [2.45, 2.75) is 6.92 Å². The van der Waals surface area contributed by atoms with E-state index in [4.69, 9.17) is 4.74 Å². The van der Waals surface area contributed by atoms with Gasteiger partial charge < -0.3 is 15.4 Å². The largest absolute Gasteiger partial charge is 0.455 e. The highest BCUT2D eigenvalue weighted by atomic mass is 16.5. The van der Waals surface area contributed by atoms with Gasteiger partial charge >= 0.3 is 0 Å². The lowest BCUT2D eigenvalue weighted by Crippen LogP contribution is -2.22. The van der Waals surface area contributed by atoms with Gasteiger partial charge in [-0.2, -0.15) is 0 Å². The fraction of sp³-hybridized carbons (Fsp3) is 0.0769. The molecule has 2 N–H and O–H groups in total. The zero-order valence-electron chi connectivity index (χ0n) is 17.2. The van der Waals surface area contributed by atoms with Crippen molar-refractivity contribution in [2.24, 2.45) is 0 Å². The summed E-state index contributed by atoms with van der Waals surface area (Å²) in [6.07, 6.45) is 0.632. The first-order chi connectivity index (χ1) is 15.2. The Morgan fingerprint density at radius 2 is 1.52 bits per heavy atom. The predicted molar refractivity (Wildman–Crippen MR) is 125 cm³/mol. The Bertz CT molecular complexity index is 1140. The molecule has 0 atom stereocenters. The molecule has 2 amide bonds. The average Bonchev–Trinajstić information content (AvgIpc) is 2.81. The first-order valence-corrected chi connectivity index (χ1v) is 10.0. The molecule has 0 saturated heterocycles. The topological polar surface area (TPSA) is 67.4 Å². The van der Waals surface area contributed by atoms with E-state index in [2.05, 4.69) is 10.6 Å². The smallest absolute Gasteiger partial charge is 0.251 e. The zero-order chi connectivity index (χ0) is 21.9. The van der Waals surface area contributed by atoms with Crippen molar-refractivity contribution >= 4 is 28.8 Å². The van der Waals surface area contributed by atoms with E-state index in [0.717, 1.165) is 22.1 Å². The molecule has 156 valence electrons. The summed E-state index contributed by atoms with van der Waals surface area (Å²) in [6, 6.07) is 30.4. The van der Waals surface area contributed by atoms with Gasteiger partial charge in [-0.25, -0.2) is 0 Å². The van der Waals surface area contributed by atoms with Crippen LogP contribution >= 0.6 is 0 Å². The standard InChI is InChI=1S/C13H11NO2.C13H13NO/c15-10-14-12-8-4-5-9-13(12)16-11-6-2-1-3-7-11;1-2-14-13(15)12-9-5-7-10-6-3-4-8-11(10)12/h1-10H,(H,14,15);3-9H,2H2,1H3,(H,14,15). The highest BCUT2D eigenvalue weighted by molar-refractivity contribution is 6.06. The van der Waals surface area contributed by atoms with E-state index in [0.29, 0.717) is 24.4 Å². The molecular formula is C26H24N2O3. The molecular weight excluding hydrogens is 388 g/mol. The number of carbonyl (C=O) groups is 2. The molecule has 0 radical (unpaired) electrons. The lowest BCUT2D eigenvalue weighted by Gasteiger charge is -2.09. The Balaban J connectivity index is 0.000000176. The van der Waals surface area contributed by atoms with Crippen molar-refractivity contribution in [3.8, 4) is 11.5 Å². The maximum atomic E-state index is 11.7. The number of nitrogens with one attached hydrogen (secondary N) is 2. The van der Waals surface area contributed by atoms with Crippen molar-refractivity contribution in [2.75, 3.05) is 11.9 Å². The van der Waals surface area contributed by atoms with Crippen LogP contribution < -0.4 is 15.4 Å². The Hall–Kier alpha value is -4.12. The minimum Gasteiger partial charge on any atom is -0.455 e. The predicted octanol–water partition coefficient (Wildman–Crippen LogP) is 5.64. The zero-order valence-corrected chi connectivity index (χ0v) is 17.2. The monoisotopic (exact) mass is 412 g/mol. The first-order valence-electron chi connectivity index (χ1n) is 10.0. The number of fused-ring (bicyclic) bond motifs is 1. The van der Waals surface area contributed by atoms with Gasteiger partial charge in [0.2, 0.25) is 6.41 Å². The van der Waals surface area contributed by atoms with Crippen LogP contribution in [0.3, 0.4) is 0 Å². The molecule has 0 aliphatic rings. The summed E-state index contributed by atoms with van der Waals surface area (Å²) in [5.41, 5.74) is 1.40. The average molecular weight is 412 g/mol. The number of carbonyl (C=O) groups excluding carboxylic acids is 2.